The summed E-state index contributed by atoms with van der Waals surface area (Å²) in [5.41, 5.74) is 1.61. The van der Waals surface area contributed by atoms with Gasteiger partial charge in [-0.1, -0.05) is 0 Å². The molecule has 2 aromatic heterocycles. The van der Waals surface area contributed by atoms with Crippen molar-refractivity contribution in [3.8, 4) is 5.75 Å². The third kappa shape index (κ3) is 4.70. The number of pyridine rings is 1. The first-order valence-electron chi connectivity index (χ1n) is 12.4. The molecule has 7 nitrogen and oxygen atoms in total. The predicted molar refractivity (Wildman–Crippen MR) is 131 cm³/mol. The van der Waals surface area contributed by atoms with Crippen molar-refractivity contribution in [3.05, 3.63) is 52.1 Å². The number of aromatic nitrogens is 3. The molecule has 2 aliphatic heterocycles. The van der Waals surface area contributed by atoms with Gasteiger partial charge in [0.05, 0.1) is 23.9 Å². The summed E-state index contributed by atoms with van der Waals surface area (Å²) in [6.45, 7) is 6.10. The van der Waals surface area contributed by atoms with Crippen LogP contribution in [0.4, 0.5) is 18.9 Å². The summed E-state index contributed by atoms with van der Waals surface area (Å²) < 4.78 is 54.1. The van der Waals surface area contributed by atoms with Crippen molar-refractivity contribution in [1.29, 1.82) is 0 Å². The van der Waals surface area contributed by atoms with E-state index in [2.05, 4.69) is 16.4 Å². The number of rotatable bonds is 5. The number of imidazole rings is 1. The van der Waals surface area contributed by atoms with Crippen LogP contribution in [0.2, 0.25) is 0 Å². The molecule has 0 N–H and O–H groups in total. The molecule has 0 radical (unpaired) electrons. The Morgan fingerprint density at radius 1 is 1.19 bits per heavy atom. The van der Waals surface area contributed by atoms with Crippen molar-refractivity contribution in [2.24, 2.45) is 7.05 Å². The second-order valence-electron chi connectivity index (χ2n) is 9.83. The molecule has 0 bridgehead atoms. The van der Waals surface area contributed by atoms with Crippen LogP contribution in [-0.4, -0.2) is 45.5 Å². The summed E-state index contributed by atoms with van der Waals surface area (Å²) in [6.07, 6.45) is -0.986. The van der Waals surface area contributed by atoms with Gasteiger partial charge >= 0.3 is 6.18 Å². The van der Waals surface area contributed by atoms with E-state index in [1.165, 1.54) is 12.1 Å². The second kappa shape index (κ2) is 9.46. The van der Waals surface area contributed by atoms with Crippen molar-refractivity contribution < 1.29 is 22.6 Å². The van der Waals surface area contributed by atoms with E-state index < -0.39 is 11.7 Å². The highest BCUT2D eigenvalue weighted by Gasteiger charge is 2.32. The van der Waals surface area contributed by atoms with Gasteiger partial charge < -0.3 is 18.9 Å². The zero-order chi connectivity index (χ0) is 25.6. The maximum Gasteiger partial charge on any atom is 0.416 e. The van der Waals surface area contributed by atoms with Crippen LogP contribution in [0.1, 0.15) is 44.0 Å². The highest BCUT2D eigenvalue weighted by atomic mass is 19.4. The van der Waals surface area contributed by atoms with E-state index in [0.29, 0.717) is 31.7 Å². The third-order valence-corrected chi connectivity index (χ3v) is 7.31. The Labute approximate surface area is 207 Å². The molecule has 0 saturated carbocycles. The zero-order valence-electron chi connectivity index (χ0n) is 20.7. The van der Waals surface area contributed by atoms with E-state index in [-0.39, 0.29) is 23.8 Å². The SMILES string of the molecule is Cc1nc2c(N3CC[C@H](Oc4ccc(C(F)(F)F)cc4)C[C@@H]3C)cc(=O)n(C)c2n1C[C@@H]1CCCO1. The molecule has 2 fully saturated rings. The molecule has 3 aromatic rings. The molecule has 3 atom stereocenters. The summed E-state index contributed by atoms with van der Waals surface area (Å²) in [7, 11) is 1.77. The van der Waals surface area contributed by atoms with E-state index in [1.54, 1.807) is 17.7 Å². The van der Waals surface area contributed by atoms with Crippen LogP contribution >= 0.6 is 0 Å². The number of hydrogen-bond acceptors (Lipinski definition) is 5. The lowest BCUT2D eigenvalue weighted by Gasteiger charge is -2.39. The monoisotopic (exact) mass is 504 g/mol. The van der Waals surface area contributed by atoms with Crippen molar-refractivity contribution in [2.45, 2.75) is 70.5 Å². The fourth-order valence-corrected chi connectivity index (χ4v) is 5.39. The summed E-state index contributed by atoms with van der Waals surface area (Å²) in [5, 5.41) is 0. The summed E-state index contributed by atoms with van der Waals surface area (Å²) in [6, 6.07) is 6.52. The molecule has 1 aromatic carbocycles. The molecular weight excluding hydrogens is 473 g/mol. The number of anilines is 1. The Morgan fingerprint density at radius 3 is 2.58 bits per heavy atom. The minimum atomic E-state index is -4.37. The van der Waals surface area contributed by atoms with Gasteiger partial charge in [0.25, 0.3) is 5.56 Å². The Bertz CT molecular complexity index is 1290. The standard InChI is InChI=1S/C26H31F3N4O3/c1-16-13-20(36-19-8-6-18(7-9-19)26(27,28)29)10-11-32(16)22-14-23(34)31(3)25-24(22)30-17(2)33(25)15-21-5-4-12-35-21/h6-9,14,16,20-21H,4-5,10-13,15H2,1-3H3/t16-,20-,21-/m0/s1. The maximum absolute atomic E-state index is 13.0. The molecular formula is C26H31F3N4O3. The van der Waals surface area contributed by atoms with Gasteiger partial charge in [0.1, 0.15) is 28.8 Å². The Balaban J connectivity index is 1.36. The molecule has 194 valence electrons. The highest BCUT2D eigenvalue weighted by Crippen LogP contribution is 2.34. The number of benzene rings is 1. The molecule has 0 spiro atoms. The number of alkyl halides is 3. The van der Waals surface area contributed by atoms with E-state index in [4.69, 9.17) is 14.5 Å². The number of nitrogens with zero attached hydrogens (tertiary/aromatic N) is 4. The number of aryl methyl sites for hydroxylation is 2. The molecule has 0 amide bonds. The largest absolute Gasteiger partial charge is 0.490 e. The van der Waals surface area contributed by atoms with Gasteiger partial charge in [-0.15, -0.1) is 0 Å². The lowest BCUT2D eigenvalue weighted by atomic mass is 9.99. The second-order valence-corrected chi connectivity index (χ2v) is 9.83. The fourth-order valence-electron chi connectivity index (χ4n) is 5.39. The lowest BCUT2D eigenvalue weighted by molar-refractivity contribution is -0.137. The molecule has 5 rings (SSSR count). The Morgan fingerprint density at radius 2 is 1.94 bits per heavy atom. The van der Waals surface area contributed by atoms with Crippen molar-refractivity contribution >= 4 is 16.9 Å². The average Bonchev–Trinajstić information content (AvgIpc) is 3.45. The van der Waals surface area contributed by atoms with Gasteiger partial charge in [0.2, 0.25) is 0 Å². The summed E-state index contributed by atoms with van der Waals surface area (Å²) in [4.78, 5) is 20.0. The van der Waals surface area contributed by atoms with Gasteiger partial charge in [-0.3, -0.25) is 9.36 Å². The minimum absolute atomic E-state index is 0.0529. The quantitative estimate of drug-likeness (QED) is 0.505. The molecule has 2 saturated heterocycles. The van der Waals surface area contributed by atoms with Crippen molar-refractivity contribution in [1.82, 2.24) is 14.1 Å². The van der Waals surface area contributed by atoms with Gasteiger partial charge in [-0.2, -0.15) is 13.2 Å². The van der Waals surface area contributed by atoms with Crippen LogP contribution in [0.3, 0.4) is 0 Å². The van der Waals surface area contributed by atoms with E-state index >= 15 is 0 Å². The number of hydrogen-bond donors (Lipinski definition) is 0. The Hall–Kier alpha value is -3.01. The van der Waals surface area contributed by atoms with Crippen LogP contribution in [-0.2, 0) is 24.5 Å². The average molecular weight is 505 g/mol. The normalized spacial score (nSPS) is 22.9. The molecule has 36 heavy (non-hydrogen) atoms. The first-order valence-corrected chi connectivity index (χ1v) is 12.4. The van der Waals surface area contributed by atoms with Crippen LogP contribution in [0, 0.1) is 6.92 Å². The minimum Gasteiger partial charge on any atom is -0.490 e. The summed E-state index contributed by atoms with van der Waals surface area (Å²) >= 11 is 0. The van der Waals surface area contributed by atoms with E-state index in [1.807, 2.05) is 6.92 Å². The van der Waals surface area contributed by atoms with Gasteiger partial charge in [0.15, 0.2) is 0 Å². The number of halogens is 3. The fraction of sp³-hybridized carbons (Fsp3) is 0.538. The van der Waals surface area contributed by atoms with Gasteiger partial charge in [-0.05, 0) is 51.0 Å². The molecule has 0 aliphatic carbocycles. The molecule has 2 aliphatic rings. The molecule has 0 unspecified atom stereocenters. The topological polar surface area (TPSA) is 61.5 Å². The van der Waals surface area contributed by atoms with Crippen molar-refractivity contribution in [3.63, 3.8) is 0 Å². The Kier molecular flexibility index (Phi) is 6.48. The van der Waals surface area contributed by atoms with E-state index in [9.17, 15) is 18.0 Å². The lowest BCUT2D eigenvalue weighted by Crippen LogP contribution is -2.45. The zero-order valence-corrected chi connectivity index (χ0v) is 20.7. The first kappa shape index (κ1) is 24.7. The van der Waals surface area contributed by atoms with Gasteiger partial charge in [0, 0.05) is 45.1 Å². The smallest absolute Gasteiger partial charge is 0.416 e. The highest BCUT2D eigenvalue weighted by molar-refractivity contribution is 5.87. The number of piperidine rings is 1. The first-order chi connectivity index (χ1) is 17.1. The molecule has 10 heteroatoms. The number of fused-ring (bicyclic) bond motifs is 1. The third-order valence-electron chi connectivity index (χ3n) is 7.31. The van der Waals surface area contributed by atoms with Gasteiger partial charge in [-0.25, -0.2) is 4.98 Å². The van der Waals surface area contributed by atoms with Crippen LogP contribution in [0.5, 0.6) is 5.75 Å². The van der Waals surface area contributed by atoms with Crippen molar-refractivity contribution in [2.75, 3.05) is 18.1 Å². The number of ether oxygens (including phenoxy) is 2. The molecule has 4 heterocycles. The summed E-state index contributed by atoms with van der Waals surface area (Å²) in [5.74, 6) is 1.27. The maximum atomic E-state index is 13.0. The van der Waals surface area contributed by atoms with Crippen LogP contribution in [0.15, 0.2) is 35.1 Å². The van der Waals surface area contributed by atoms with Crippen LogP contribution < -0.4 is 15.2 Å². The van der Waals surface area contributed by atoms with E-state index in [0.717, 1.165) is 54.3 Å². The predicted octanol–water partition coefficient (Wildman–Crippen LogP) is 4.68. The van der Waals surface area contributed by atoms with Crippen LogP contribution in [0.25, 0.3) is 11.2 Å².